The number of furan rings is 1. The lowest BCUT2D eigenvalue weighted by atomic mass is 10.1. The molecule has 26 heavy (non-hydrogen) atoms. The zero-order valence-corrected chi connectivity index (χ0v) is 15.6. The van der Waals surface area contributed by atoms with Crippen molar-refractivity contribution in [2.75, 3.05) is 11.0 Å². The summed E-state index contributed by atoms with van der Waals surface area (Å²) in [6.07, 6.45) is 1.09. The lowest BCUT2D eigenvalue weighted by molar-refractivity contribution is 0.0914. The second kappa shape index (κ2) is 6.84. The second-order valence-electron chi connectivity index (χ2n) is 6.35. The first-order valence-electron chi connectivity index (χ1n) is 8.10. The Bertz CT molecular complexity index is 1070. The summed E-state index contributed by atoms with van der Waals surface area (Å²) in [4.78, 5) is 12.5. The average molecular weight is 372 g/mol. The Kier molecular flexibility index (Phi) is 4.73. The molecule has 1 amide bonds. The van der Waals surface area contributed by atoms with Gasteiger partial charge in [0.1, 0.15) is 5.58 Å². The number of carbonyl (C=O) groups is 1. The minimum absolute atomic E-state index is 0.239. The molecule has 3 rings (SSSR count). The average Bonchev–Trinajstić information content (AvgIpc) is 2.96. The summed E-state index contributed by atoms with van der Waals surface area (Å²) < 4.78 is 30.8. The summed E-state index contributed by atoms with van der Waals surface area (Å²) in [7, 11) is -3.36. The van der Waals surface area contributed by atoms with Crippen LogP contribution in [0.4, 0.5) is 5.69 Å². The first kappa shape index (κ1) is 18.0. The van der Waals surface area contributed by atoms with Gasteiger partial charge >= 0.3 is 0 Å². The van der Waals surface area contributed by atoms with Crippen molar-refractivity contribution < 1.29 is 17.6 Å². The molecular formula is C19H20N2O4S. The molecule has 0 aliphatic heterocycles. The third kappa shape index (κ3) is 4.23. The Morgan fingerprint density at radius 1 is 1.12 bits per heavy atom. The van der Waals surface area contributed by atoms with Crippen molar-refractivity contribution in [2.24, 2.45) is 0 Å². The molecule has 6 nitrogen and oxygen atoms in total. The van der Waals surface area contributed by atoms with E-state index in [-0.39, 0.29) is 17.7 Å². The van der Waals surface area contributed by atoms with Crippen LogP contribution in [0.1, 0.15) is 34.6 Å². The summed E-state index contributed by atoms with van der Waals surface area (Å²) in [5.74, 6) is -0.0873. The number of hydrogen-bond acceptors (Lipinski definition) is 4. The molecule has 1 aromatic heterocycles. The predicted molar refractivity (Wildman–Crippen MR) is 102 cm³/mol. The molecule has 0 aliphatic rings. The highest BCUT2D eigenvalue weighted by molar-refractivity contribution is 7.92. The van der Waals surface area contributed by atoms with Crippen molar-refractivity contribution >= 4 is 32.6 Å². The molecule has 0 saturated carbocycles. The molecule has 0 saturated heterocycles. The van der Waals surface area contributed by atoms with Gasteiger partial charge in [0.05, 0.1) is 12.3 Å². The van der Waals surface area contributed by atoms with Crippen molar-refractivity contribution in [3.63, 3.8) is 0 Å². The Hall–Kier alpha value is -2.80. The number of nitrogens with one attached hydrogen (secondary N) is 2. The van der Waals surface area contributed by atoms with Crippen LogP contribution in [-0.4, -0.2) is 20.6 Å². The lowest BCUT2D eigenvalue weighted by Gasteiger charge is -2.14. The number of sulfonamides is 1. The van der Waals surface area contributed by atoms with Crippen LogP contribution in [0.15, 0.2) is 52.9 Å². The molecule has 7 heteroatoms. The molecule has 0 fully saturated rings. The van der Waals surface area contributed by atoms with E-state index in [4.69, 9.17) is 4.42 Å². The van der Waals surface area contributed by atoms with Crippen LogP contribution in [0, 0.1) is 6.92 Å². The van der Waals surface area contributed by atoms with Gasteiger partial charge in [-0.05, 0) is 49.7 Å². The summed E-state index contributed by atoms with van der Waals surface area (Å²) in [6.45, 7) is 3.80. The zero-order valence-electron chi connectivity index (χ0n) is 14.7. The maximum absolute atomic E-state index is 12.5. The van der Waals surface area contributed by atoms with Crippen LogP contribution in [0.3, 0.4) is 0 Å². The van der Waals surface area contributed by atoms with E-state index in [1.54, 1.807) is 24.3 Å². The minimum atomic E-state index is -3.36. The van der Waals surface area contributed by atoms with E-state index in [9.17, 15) is 13.2 Å². The number of anilines is 1. The van der Waals surface area contributed by atoms with Gasteiger partial charge in [0.15, 0.2) is 5.76 Å². The van der Waals surface area contributed by atoms with Crippen LogP contribution < -0.4 is 10.0 Å². The Morgan fingerprint density at radius 3 is 2.62 bits per heavy atom. The molecule has 1 heterocycles. The van der Waals surface area contributed by atoms with Gasteiger partial charge in [0.25, 0.3) is 5.91 Å². The zero-order chi connectivity index (χ0) is 18.9. The summed E-state index contributed by atoms with van der Waals surface area (Å²) in [5, 5.41) is 3.75. The monoisotopic (exact) mass is 372 g/mol. The highest BCUT2D eigenvalue weighted by atomic mass is 32.2. The largest absolute Gasteiger partial charge is 0.451 e. The molecule has 0 bridgehead atoms. The highest BCUT2D eigenvalue weighted by Crippen LogP contribution is 2.22. The number of benzene rings is 2. The third-order valence-electron chi connectivity index (χ3n) is 3.93. The van der Waals surface area contributed by atoms with Crippen molar-refractivity contribution in [3.05, 3.63) is 65.4 Å². The SMILES string of the molecule is Cc1ccc2oc(C(=O)NC(C)c3cccc(NS(C)(=O)=O)c3)cc2c1. The van der Waals surface area contributed by atoms with Gasteiger partial charge in [-0.2, -0.15) is 0 Å². The van der Waals surface area contributed by atoms with E-state index in [1.165, 1.54) is 0 Å². The number of aryl methyl sites for hydroxylation is 1. The molecule has 0 spiro atoms. The first-order chi connectivity index (χ1) is 12.2. The highest BCUT2D eigenvalue weighted by Gasteiger charge is 2.16. The van der Waals surface area contributed by atoms with E-state index in [0.29, 0.717) is 11.3 Å². The lowest BCUT2D eigenvalue weighted by Crippen LogP contribution is -2.26. The van der Waals surface area contributed by atoms with Gasteiger partial charge in [-0.1, -0.05) is 23.8 Å². The van der Waals surface area contributed by atoms with E-state index in [1.807, 2.05) is 38.1 Å². The smallest absolute Gasteiger partial charge is 0.287 e. The maximum Gasteiger partial charge on any atom is 0.287 e. The molecule has 136 valence electrons. The van der Waals surface area contributed by atoms with Gasteiger partial charge in [-0.3, -0.25) is 9.52 Å². The molecule has 2 aromatic carbocycles. The Morgan fingerprint density at radius 2 is 1.88 bits per heavy atom. The van der Waals surface area contributed by atoms with E-state index in [0.717, 1.165) is 22.8 Å². The van der Waals surface area contributed by atoms with Gasteiger partial charge in [0, 0.05) is 11.1 Å². The topological polar surface area (TPSA) is 88.4 Å². The van der Waals surface area contributed by atoms with Crippen molar-refractivity contribution in [2.45, 2.75) is 19.9 Å². The fourth-order valence-electron chi connectivity index (χ4n) is 2.71. The minimum Gasteiger partial charge on any atom is -0.451 e. The van der Waals surface area contributed by atoms with Crippen LogP contribution in [0.25, 0.3) is 11.0 Å². The van der Waals surface area contributed by atoms with Crippen LogP contribution in [-0.2, 0) is 10.0 Å². The number of rotatable bonds is 5. The normalized spacial score (nSPS) is 12.7. The number of amides is 1. The molecular weight excluding hydrogens is 352 g/mol. The van der Waals surface area contributed by atoms with Crippen molar-refractivity contribution in [3.8, 4) is 0 Å². The number of carbonyl (C=O) groups excluding carboxylic acids is 1. The standard InChI is InChI=1S/C19H20N2O4S/c1-12-7-8-17-15(9-12)11-18(25-17)19(22)20-13(2)14-5-4-6-16(10-14)21-26(3,23)24/h4-11,13,21H,1-3H3,(H,20,22). The Balaban J connectivity index is 1.77. The quantitative estimate of drug-likeness (QED) is 0.716. The molecule has 0 aliphatic carbocycles. The summed E-state index contributed by atoms with van der Waals surface area (Å²) >= 11 is 0. The van der Waals surface area contributed by atoms with E-state index >= 15 is 0 Å². The molecule has 1 unspecified atom stereocenters. The van der Waals surface area contributed by atoms with E-state index < -0.39 is 10.0 Å². The summed E-state index contributed by atoms with van der Waals surface area (Å²) in [6, 6.07) is 14.0. The number of hydrogen-bond donors (Lipinski definition) is 2. The van der Waals surface area contributed by atoms with Crippen LogP contribution >= 0.6 is 0 Å². The molecule has 2 N–H and O–H groups in total. The second-order valence-corrected chi connectivity index (χ2v) is 8.10. The van der Waals surface area contributed by atoms with Gasteiger partial charge in [0.2, 0.25) is 10.0 Å². The van der Waals surface area contributed by atoms with Crippen LogP contribution in [0.5, 0.6) is 0 Å². The number of fused-ring (bicyclic) bond motifs is 1. The fourth-order valence-corrected chi connectivity index (χ4v) is 3.27. The van der Waals surface area contributed by atoms with Crippen molar-refractivity contribution in [1.29, 1.82) is 0 Å². The third-order valence-corrected chi connectivity index (χ3v) is 4.54. The van der Waals surface area contributed by atoms with Gasteiger partial charge in [-0.15, -0.1) is 0 Å². The predicted octanol–water partition coefficient (Wildman–Crippen LogP) is 3.60. The fraction of sp³-hybridized carbons (Fsp3) is 0.211. The first-order valence-corrected chi connectivity index (χ1v) is 9.99. The molecule has 3 aromatic rings. The van der Waals surface area contributed by atoms with E-state index in [2.05, 4.69) is 10.0 Å². The molecule has 0 radical (unpaired) electrons. The summed E-state index contributed by atoms with van der Waals surface area (Å²) in [5.41, 5.74) is 2.98. The maximum atomic E-state index is 12.5. The van der Waals surface area contributed by atoms with Crippen LogP contribution in [0.2, 0.25) is 0 Å². The van der Waals surface area contributed by atoms with Crippen molar-refractivity contribution in [1.82, 2.24) is 5.32 Å². The van der Waals surface area contributed by atoms with Gasteiger partial charge < -0.3 is 9.73 Å². The Labute approximate surface area is 152 Å². The van der Waals surface area contributed by atoms with Gasteiger partial charge in [-0.25, -0.2) is 8.42 Å². The molecule has 1 atom stereocenters.